The molecule has 1 aliphatic heterocycles. The van der Waals surface area contributed by atoms with Crippen molar-refractivity contribution in [3.05, 3.63) is 83.9 Å². The summed E-state index contributed by atoms with van der Waals surface area (Å²) < 4.78 is 12.3. The van der Waals surface area contributed by atoms with Gasteiger partial charge in [0.25, 0.3) is 0 Å². The minimum atomic E-state index is -0.690. The van der Waals surface area contributed by atoms with E-state index in [9.17, 15) is 0 Å². The van der Waals surface area contributed by atoms with Gasteiger partial charge in [0.1, 0.15) is 6.10 Å². The Kier molecular flexibility index (Phi) is 3.21. The Morgan fingerprint density at radius 3 is 2.41 bits per heavy atom. The molecule has 0 amide bonds. The highest BCUT2D eigenvalue weighted by Crippen LogP contribution is 2.40. The molecule has 2 heteroatoms. The maximum Gasteiger partial charge on any atom is 0.192 e. The summed E-state index contributed by atoms with van der Waals surface area (Å²) in [4.78, 5) is 0. The first-order valence-electron chi connectivity index (χ1n) is 7.61. The molecular weight excluding hydrogens is 272 g/mol. The summed E-state index contributed by atoms with van der Waals surface area (Å²) in [5, 5.41) is 2.43. The first-order chi connectivity index (χ1) is 10.7. The third-order valence-corrected chi connectivity index (χ3v) is 4.32. The Morgan fingerprint density at radius 2 is 1.59 bits per heavy atom. The molecule has 0 bridgehead atoms. The van der Waals surface area contributed by atoms with E-state index in [1.54, 1.807) is 0 Å². The van der Waals surface area contributed by atoms with Crippen molar-refractivity contribution >= 4 is 10.8 Å². The largest absolute Gasteiger partial charge is 0.343 e. The second-order valence-corrected chi connectivity index (χ2v) is 5.84. The van der Waals surface area contributed by atoms with Crippen LogP contribution in [0.3, 0.4) is 0 Å². The van der Waals surface area contributed by atoms with Crippen molar-refractivity contribution in [2.45, 2.75) is 18.8 Å². The van der Waals surface area contributed by atoms with Crippen LogP contribution >= 0.6 is 0 Å². The normalized spacial score (nSPS) is 24.7. The summed E-state index contributed by atoms with van der Waals surface area (Å²) in [6.07, 6.45) is -0.0160. The zero-order valence-electron chi connectivity index (χ0n) is 12.5. The van der Waals surface area contributed by atoms with E-state index >= 15 is 0 Å². The van der Waals surface area contributed by atoms with Crippen LogP contribution in [0, 0.1) is 0 Å². The second-order valence-electron chi connectivity index (χ2n) is 5.84. The molecule has 0 aliphatic carbocycles. The maximum absolute atomic E-state index is 6.25. The van der Waals surface area contributed by atoms with Gasteiger partial charge in [-0.15, -0.1) is 0 Å². The van der Waals surface area contributed by atoms with E-state index < -0.39 is 5.79 Å². The fourth-order valence-corrected chi connectivity index (χ4v) is 3.03. The molecule has 1 fully saturated rings. The van der Waals surface area contributed by atoms with Crippen molar-refractivity contribution in [2.24, 2.45) is 0 Å². The number of benzene rings is 3. The molecule has 0 saturated carbocycles. The van der Waals surface area contributed by atoms with Gasteiger partial charge in [0.2, 0.25) is 0 Å². The Balaban J connectivity index is 1.66. The molecule has 0 spiro atoms. The Bertz CT molecular complexity index is 797. The van der Waals surface area contributed by atoms with Gasteiger partial charge in [0.05, 0.1) is 6.61 Å². The van der Waals surface area contributed by atoms with E-state index in [0.29, 0.717) is 6.61 Å². The van der Waals surface area contributed by atoms with Gasteiger partial charge in [-0.25, -0.2) is 0 Å². The van der Waals surface area contributed by atoms with Crippen molar-refractivity contribution in [1.82, 2.24) is 0 Å². The first-order valence-corrected chi connectivity index (χ1v) is 7.61. The third kappa shape index (κ3) is 2.31. The molecule has 110 valence electrons. The summed E-state index contributed by atoms with van der Waals surface area (Å²) in [6.45, 7) is 2.58. The molecule has 2 atom stereocenters. The fourth-order valence-electron chi connectivity index (χ4n) is 3.03. The van der Waals surface area contributed by atoms with Gasteiger partial charge in [0, 0.05) is 5.56 Å². The van der Waals surface area contributed by atoms with E-state index in [1.807, 2.05) is 25.1 Å². The Labute approximate surface area is 130 Å². The molecule has 1 heterocycles. The molecule has 2 nitrogen and oxygen atoms in total. The van der Waals surface area contributed by atoms with Crippen LogP contribution in [0.25, 0.3) is 10.8 Å². The van der Waals surface area contributed by atoms with E-state index in [2.05, 4.69) is 54.6 Å². The molecule has 4 rings (SSSR count). The zero-order chi connectivity index (χ0) is 15.0. The summed E-state index contributed by atoms with van der Waals surface area (Å²) >= 11 is 0. The van der Waals surface area contributed by atoms with Crippen LogP contribution in [0.1, 0.15) is 24.2 Å². The molecule has 0 aromatic heterocycles. The predicted molar refractivity (Wildman–Crippen MR) is 87.5 cm³/mol. The van der Waals surface area contributed by atoms with Crippen LogP contribution in [0.4, 0.5) is 0 Å². The van der Waals surface area contributed by atoms with Crippen molar-refractivity contribution < 1.29 is 9.47 Å². The molecule has 0 radical (unpaired) electrons. The predicted octanol–water partition coefficient (Wildman–Crippen LogP) is 4.80. The molecule has 0 unspecified atom stereocenters. The maximum atomic E-state index is 6.25. The first kappa shape index (κ1) is 13.5. The molecule has 1 aliphatic rings. The van der Waals surface area contributed by atoms with Crippen LogP contribution in [-0.2, 0) is 15.3 Å². The van der Waals surface area contributed by atoms with Gasteiger partial charge in [-0.3, -0.25) is 0 Å². The highest BCUT2D eigenvalue weighted by molar-refractivity contribution is 5.83. The van der Waals surface area contributed by atoms with Gasteiger partial charge in [0.15, 0.2) is 5.79 Å². The number of hydrogen-bond donors (Lipinski definition) is 0. The quantitative estimate of drug-likeness (QED) is 0.675. The van der Waals surface area contributed by atoms with Crippen LogP contribution in [-0.4, -0.2) is 6.61 Å². The lowest BCUT2D eigenvalue weighted by Gasteiger charge is -2.24. The SMILES string of the molecule is C[C@]1(c2ccc3ccccc3c2)OC[C@H](c2ccccc2)O1. The topological polar surface area (TPSA) is 18.5 Å². The van der Waals surface area contributed by atoms with E-state index in [1.165, 1.54) is 10.8 Å². The van der Waals surface area contributed by atoms with Crippen molar-refractivity contribution in [3.8, 4) is 0 Å². The average molecular weight is 290 g/mol. The number of rotatable bonds is 2. The molecular formula is C20H18O2. The van der Waals surface area contributed by atoms with E-state index in [4.69, 9.17) is 9.47 Å². The zero-order valence-corrected chi connectivity index (χ0v) is 12.5. The highest BCUT2D eigenvalue weighted by Gasteiger charge is 2.39. The van der Waals surface area contributed by atoms with Crippen molar-refractivity contribution in [3.63, 3.8) is 0 Å². The third-order valence-electron chi connectivity index (χ3n) is 4.32. The fraction of sp³-hybridized carbons (Fsp3) is 0.200. The molecule has 3 aromatic carbocycles. The standard InChI is InChI=1S/C20H18O2/c1-20(18-12-11-15-7-5-6-10-17(15)13-18)21-14-19(22-20)16-8-3-2-4-9-16/h2-13,19H,14H2,1H3/t19-,20+/m1/s1. The number of ether oxygens (including phenoxy) is 2. The van der Waals surface area contributed by atoms with Crippen LogP contribution in [0.15, 0.2) is 72.8 Å². The minimum absolute atomic E-state index is 0.0160. The van der Waals surface area contributed by atoms with Crippen molar-refractivity contribution in [1.29, 1.82) is 0 Å². The van der Waals surface area contributed by atoms with Gasteiger partial charge in [-0.2, -0.15) is 0 Å². The Hall–Kier alpha value is -2.16. The molecule has 3 aromatic rings. The lowest BCUT2D eigenvalue weighted by molar-refractivity contribution is -0.162. The minimum Gasteiger partial charge on any atom is -0.343 e. The van der Waals surface area contributed by atoms with Crippen LogP contribution in [0.5, 0.6) is 0 Å². The Morgan fingerprint density at radius 1 is 0.864 bits per heavy atom. The smallest absolute Gasteiger partial charge is 0.192 e. The van der Waals surface area contributed by atoms with Crippen molar-refractivity contribution in [2.75, 3.05) is 6.61 Å². The van der Waals surface area contributed by atoms with Crippen LogP contribution in [0.2, 0.25) is 0 Å². The van der Waals surface area contributed by atoms with E-state index in [-0.39, 0.29) is 6.10 Å². The van der Waals surface area contributed by atoms with Gasteiger partial charge < -0.3 is 9.47 Å². The second kappa shape index (κ2) is 5.24. The monoisotopic (exact) mass is 290 g/mol. The summed E-state index contributed by atoms with van der Waals surface area (Å²) in [7, 11) is 0. The summed E-state index contributed by atoms with van der Waals surface area (Å²) in [6, 6.07) is 25.0. The van der Waals surface area contributed by atoms with Crippen LogP contribution < -0.4 is 0 Å². The molecule has 0 N–H and O–H groups in total. The highest BCUT2D eigenvalue weighted by atomic mass is 16.7. The number of fused-ring (bicyclic) bond motifs is 1. The average Bonchev–Trinajstić information content (AvgIpc) is 2.99. The van der Waals surface area contributed by atoms with E-state index in [0.717, 1.165) is 11.1 Å². The van der Waals surface area contributed by atoms with Gasteiger partial charge in [-0.05, 0) is 29.3 Å². The number of hydrogen-bond acceptors (Lipinski definition) is 2. The summed E-state index contributed by atoms with van der Waals surface area (Å²) in [5.74, 6) is -0.690. The molecule has 1 saturated heterocycles. The lowest BCUT2D eigenvalue weighted by atomic mass is 10.0. The molecule has 22 heavy (non-hydrogen) atoms. The summed E-state index contributed by atoms with van der Waals surface area (Å²) in [5.41, 5.74) is 2.22. The van der Waals surface area contributed by atoms with Gasteiger partial charge >= 0.3 is 0 Å². The van der Waals surface area contributed by atoms with Gasteiger partial charge in [-0.1, -0.05) is 66.7 Å². The lowest BCUT2D eigenvalue weighted by Crippen LogP contribution is -2.22.